The molecule has 0 radical (unpaired) electrons. The van der Waals surface area contributed by atoms with Gasteiger partial charge in [0.25, 0.3) is 0 Å². The van der Waals surface area contributed by atoms with Crippen LogP contribution in [0.15, 0.2) is 82.4 Å². The first-order valence-corrected chi connectivity index (χ1v) is 12.2. The molecule has 1 unspecified atom stereocenters. The van der Waals surface area contributed by atoms with Crippen LogP contribution in [-0.4, -0.2) is 5.78 Å². The smallest absolute Gasteiger partial charge is 0.162 e. The highest BCUT2D eigenvalue weighted by molar-refractivity contribution is 6.42. The van der Waals surface area contributed by atoms with Gasteiger partial charge in [0, 0.05) is 28.9 Å². The van der Waals surface area contributed by atoms with Crippen molar-refractivity contribution in [2.45, 2.75) is 32.6 Å². The summed E-state index contributed by atoms with van der Waals surface area (Å²) in [5.41, 5.74) is 4.69. The van der Waals surface area contributed by atoms with Crippen molar-refractivity contribution in [3.63, 3.8) is 0 Å². The summed E-state index contributed by atoms with van der Waals surface area (Å²) in [5.74, 6) is 1.34. The topological polar surface area (TPSA) is 42.2 Å². The molecule has 0 fully saturated rings. The monoisotopic (exact) mass is 487 g/mol. The summed E-state index contributed by atoms with van der Waals surface area (Å²) in [6.45, 7) is 4.30. The lowest BCUT2D eigenvalue weighted by molar-refractivity contribution is -0.118. The minimum absolute atomic E-state index is 0.0871. The Morgan fingerprint density at radius 3 is 2.59 bits per heavy atom. The van der Waals surface area contributed by atoms with Crippen LogP contribution in [-0.2, 0) is 4.79 Å². The van der Waals surface area contributed by atoms with E-state index in [4.69, 9.17) is 27.6 Å². The van der Waals surface area contributed by atoms with Crippen LogP contribution in [0.25, 0.3) is 22.1 Å². The van der Waals surface area contributed by atoms with Gasteiger partial charge in [0.05, 0.1) is 16.0 Å². The third-order valence-electron chi connectivity index (χ3n) is 6.87. The Labute approximate surface area is 208 Å². The number of Topliss-reactive ketones (excluding diaryl/α,β-unsaturated/α-hetero) is 1. The maximum Gasteiger partial charge on any atom is 0.162 e. The molecule has 3 aromatic carbocycles. The van der Waals surface area contributed by atoms with Crippen molar-refractivity contribution in [3.05, 3.63) is 99.4 Å². The fourth-order valence-corrected chi connectivity index (χ4v) is 5.70. The molecule has 1 aliphatic heterocycles. The van der Waals surface area contributed by atoms with Crippen LogP contribution in [0, 0.1) is 5.41 Å². The zero-order chi connectivity index (χ0) is 23.6. The highest BCUT2D eigenvalue weighted by Crippen LogP contribution is 2.51. The van der Waals surface area contributed by atoms with Gasteiger partial charge in [-0.3, -0.25) is 4.79 Å². The molecule has 4 aromatic rings. The quantitative estimate of drug-likeness (QED) is 0.307. The molecule has 0 amide bonds. The zero-order valence-corrected chi connectivity index (χ0v) is 20.4. The van der Waals surface area contributed by atoms with Crippen LogP contribution < -0.4 is 5.32 Å². The molecule has 1 aromatic heterocycles. The van der Waals surface area contributed by atoms with Gasteiger partial charge in [-0.2, -0.15) is 0 Å². The van der Waals surface area contributed by atoms with E-state index in [-0.39, 0.29) is 17.1 Å². The summed E-state index contributed by atoms with van der Waals surface area (Å²) in [6, 6.07) is 21.9. The van der Waals surface area contributed by atoms with Gasteiger partial charge in [-0.05, 0) is 64.6 Å². The van der Waals surface area contributed by atoms with Crippen molar-refractivity contribution >= 4 is 45.4 Å². The lowest BCUT2D eigenvalue weighted by Gasteiger charge is -2.39. The highest BCUT2D eigenvalue weighted by atomic mass is 35.5. The van der Waals surface area contributed by atoms with Crippen LogP contribution in [0.3, 0.4) is 0 Å². The number of hydrogen-bond donors (Lipinski definition) is 1. The van der Waals surface area contributed by atoms with E-state index in [0.717, 1.165) is 51.0 Å². The number of carbonyl (C=O) groups is 1. The minimum atomic E-state index is -0.280. The number of allylic oxidation sites excluding steroid dienone is 2. The molecule has 6 rings (SSSR count). The Balaban J connectivity index is 1.57. The second kappa shape index (κ2) is 7.76. The Kier molecular flexibility index (Phi) is 4.91. The van der Waals surface area contributed by atoms with Gasteiger partial charge in [0.1, 0.15) is 11.5 Å². The van der Waals surface area contributed by atoms with Gasteiger partial charge < -0.3 is 9.73 Å². The van der Waals surface area contributed by atoms with E-state index in [1.54, 1.807) is 12.1 Å². The van der Waals surface area contributed by atoms with E-state index in [9.17, 15) is 4.79 Å². The maximum atomic E-state index is 13.6. The Hall–Kier alpha value is -3.01. The molecule has 0 saturated carbocycles. The largest absolute Gasteiger partial charge is 0.460 e. The molecule has 5 heteroatoms. The number of ketones is 1. The van der Waals surface area contributed by atoms with Crippen LogP contribution in [0.4, 0.5) is 5.69 Å². The predicted molar refractivity (Wildman–Crippen MR) is 139 cm³/mol. The predicted octanol–water partition coefficient (Wildman–Crippen LogP) is 8.61. The Morgan fingerprint density at radius 1 is 0.941 bits per heavy atom. The lowest BCUT2D eigenvalue weighted by atomic mass is 9.69. The van der Waals surface area contributed by atoms with Gasteiger partial charge in [0.15, 0.2) is 5.78 Å². The summed E-state index contributed by atoms with van der Waals surface area (Å²) in [6.07, 6.45) is 1.33. The van der Waals surface area contributed by atoms with Gasteiger partial charge >= 0.3 is 0 Å². The van der Waals surface area contributed by atoms with E-state index in [2.05, 4.69) is 43.4 Å². The molecule has 170 valence electrons. The van der Waals surface area contributed by atoms with Crippen molar-refractivity contribution in [1.82, 2.24) is 0 Å². The summed E-state index contributed by atoms with van der Waals surface area (Å²) in [7, 11) is 0. The number of rotatable bonds is 2. The average molecular weight is 488 g/mol. The second-order valence-corrected chi connectivity index (χ2v) is 10.8. The average Bonchev–Trinajstić information content (AvgIpc) is 3.28. The molecule has 2 heterocycles. The molecule has 1 N–H and O–H groups in total. The molecular formula is C29H23Cl2NO2. The number of carbonyl (C=O) groups excluding carboxylic acids is 1. The molecule has 0 spiro atoms. The summed E-state index contributed by atoms with van der Waals surface area (Å²) in [5, 5.41) is 6.85. The standard InChI is InChI=1S/C29H23Cl2NO2/c1-29(2)14-22-27(23(33)15-29)28(26-18-6-4-3-5-16(18)8-10-21(26)32-22)25-12-11-24(34-25)17-7-9-19(30)20(31)13-17/h3-13,28,32H,14-15H2,1-2H3. The molecule has 0 saturated heterocycles. The van der Waals surface area contributed by atoms with Crippen molar-refractivity contribution in [2.24, 2.45) is 5.41 Å². The number of fused-ring (bicyclic) bond motifs is 3. The van der Waals surface area contributed by atoms with Crippen LogP contribution in [0.2, 0.25) is 10.0 Å². The minimum Gasteiger partial charge on any atom is -0.460 e. The van der Waals surface area contributed by atoms with Crippen LogP contribution >= 0.6 is 23.2 Å². The SMILES string of the molecule is CC1(C)CC(=O)C2=C(C1)Nc1ccc3ccccc3c1C2c1ccc(-c2ccc(Cl)c(Cl)c2)o1. The first-order valence-electron chi connectivity index (χ1n) is 11.4. The third-order valence-corrected chi connectivity index (χ3v) is 7.61. The van der Waals surface area contributed by atoms with Gasteiger partial charge in [-0.15, -0.1) is 0 Å². The summed E-state index contributed by atoms with van der Waals surface area (Å²) < 4.78 is 6.44. The van der Waals surface area contributed by atoms with Gasteiger partial charge in [0.2, 0.25) is 0 Å². The van der Waals surface area contributed by atoms with Gasteiger partial charge in [-0.1, -0.05) is 67.4 Å². The van der Waals surface area contributed by atoms with Crippen molar-refractivity contribution in [2.75, 3.05) is 5.32 Å². The van der Waals surface area contributed by atoms with Crippen molar-refractivity contribution < 1.29 is 9.21 Å². The van der Waals surface area contributed by atoms with Crippen molar-refractivity contribution in [3.8, 4) is 11.3 Å². The number of nitrogens with one attached hydrogen (secondary N) is 1. The van der Waals surface area contributed by atoms with E-state index in [1.165, 1.54) is 0 Å². The molecule has 2 aliphatic rings. The van der Waals surface area contributed by atoms with E-state index >= 15 is 0 Å². The molecule has 3 nitrogen and oxygen atoms in total. The van der Waals surface area contributed by atoms with E-state index < -0.39 is 0 Å². The van der Waals surface area contributed by atoms with E-state index in [1.807, 2.05) is 30.3 Å². The second-order valence-electron chi connectivity index (χ2n) is 9.97. The van der Waals surface area contributed by atoms with Crippen LogP contribution in [0.5, 0.6) is 0 Å². The van der Waals surface area contributed by atoms with Crippen LogP contribution in [0.1, 0.15) is 43.9 Å². The molecule has 34 heavy (non-hydrogen) atoms. The molecule has 1 aliphatic carbocycles. The number of hydrogen-bond acceptors (Lipinski definition) is 3. The first-order chi connectivity index (χ1) is 16.3. The number of furan rings is 1. The summed E-state index contributed by atoms with van der Waals surface area (Å²) >= 11 is 12.4. The molecular weight excluding hydrogens is 465 g/mol. The fraction of sp³-hybridized carbons (Fsp3) is 0.207. The number of halogens is 2. The lowest BCUT2D eigenvalue weighted by Crippen LogP contribution is -2.33. The Morgan fingerprint density at radius 2 is 1.76 bits per heavy atom. The number of benzene rings is 3. The zero-order valence-electron chi connectivity index (χ0n) is 18.9. The highest BCUT2D eigenvalue weighted by Gasteiger charge is 2.42. The Bertz CT molecular complexity index is 1510. The summed E-state index contributed by atoms with van der Waals surface area (Å²) in [4.78, 5) is 13.6. The normalized spacial score (nSPS) is 19.1. The number of anilines is 1. The van der Waals surface area contributed by atoms with Crippen molar-refractivity contribution in [1.29, 1.82) is 0 Å². The maximum absolute atomic E-state index is 13.6. The fourth-order valence-electron chi connectivity index (χ4n) is 5.40. The van der Waals surface area contributed by atoms with E-state index in [0.29, 0.717) is 22.2 Å². The molecule has 0 bridgehead atoms. The first kappa shape index (κ1) is 21.5. The molecule has 1 atom stereocenters. The third kappa shape index (κ3) is 3.46. The van der Waals surface area contributed by atoms with Gasteiger partial charge in [-0.25, -0.2) is 0 Å².